The Balaban J connectivity index is 2.14. The fourth-order valence-corrected chi connectivity index (χ4v) is 2.54. The van der Waals surface area contributed by atoms with Crippen LogP contribution in [-0.2, 0) is 4.79 Å². The van der Waals surface area contributed by atoms with Crippen LogP contribution >= 0.6 is 23.2 Å². The van der Waals surface area contributed by atoms with Gasteiger partial charge in [0, 0.05) is 10.6 Å². The minimum Gasteiger partial charge on any atom is -0.378 e. The lowest BCUT2D eigenvalue weighted by atomic mass is 10.1. The lowest BCUT2D eigenvalue weighted by Gasteiger charge is -2.11. The average molecular weight is 351 g/mol. The molecule has 0 radical (unpaired) electrons. The molecule has 0 aliphatic heterocycles. The molecule has 23 heavy (non-hydrogen) atoms. The molecular formula is C17H16Cl2N2O2. The van der Waals surface area contributed by atoms with Crippen molar-refractivity contribution in [3.63, 3.8) is 0 Å². The van der Waals surface area contributed by atoms with Gasteiger partial charge in [0.25, 0.3) is 5.91 Å². The van der Waals surface area contributed by atoms with E-state index in [4.69, 9.17) is 23.2 Å². The quantitative estimate of drug-likeness (QED) is 0.633. The lowest BCUT2D eigenvalue weighted by Crippen LogP contribution is -2.26. The Morgan fingerprint density at radius 1 is 1.22 bits per heavy atom. The number of aliphatic hydroxyl groups is 1. The molecule has 0 aliphatic carbocycles. The van der Waals surface area contributed by atoms with Gasteiger partial charge in [0.1, 0.15) is 0 Å². The number of halogens is 2. The van der Waals surface area contributed by atoms with Crippen LogP contribution in [0, 0.1) is 0 Å². The largest absolute Gasteiger partial charge is 0.378 e. The molecule has 1 unspecified atom stereocenters. The molecule has 0 aromatic heterocycles. The molecule has 0 heterocycles. The molecule has 0 bridgehead atoms. The molecule has 2 aromatic rings. The van der Waals surface area contributed by atoms with Crippen molar-refractivity contribution in [1.29, 1.82) is 0 Å². The van der Waals surface area contributed by atoms with E-state index in [-0.39, 0.29) is 0 Å². The second kappa shape index (κ2) is 8.11. The Hall–Kier alpha value is -1.88. The summed E-state index contributed by atoms with van der Waals surface area (Å²) in [6.45, 7) is 1.89. The van der Waals surface area contributed by atoms with Gasteiger partial charge in [-0.3, -0.25) is 4.79 Å². The van der Waals surface area contributed by atoms with Gasteiger partial charge in [-0.2, -0.15) is 5.10 Å². The van der Waals surface area contributed by atoms with Crippen LogP contribution in [0.3, 0.4) is 0 Å². The molecule has 0 aliphatic rings. The van der Waals surface area contributed by atoms with Crippen molar-refractivity contribution in [3.8, 4) is 0 Å². The van der Waals surface area contributed by atoms with Gasteiger partial charge in [-0.1, -0.05) is 66.5 Å². The van der Waals surface area contributed by atoms with E-state index in [1.165, 1.54) is 0 Å². The summed E-state index contributed by atoms with van der Waals surface area (Å²) in [5.41, 5.74) is 4.17. The highest BCUT2D eigenvalue weighted by atomic mass is 35.5. The first-order valence-electron chi connectivity index (χ1n) is 7.07. The van der Waals surface area contributed by atoms with E-state index in [1.54, 1.807) is 42.5 Å². The van der Waals surface area contributed by atoms with E-state index < -0.39 is 12.0 Å². The summed E-state index contributed by atoms with van der Waals surface area (Å²) in [5, 5.41) is 15.1. The van der Waals surface area contributed by atoms with Crippen molar-refractivity contribution in [3.05, 3.63) is 69.7 Å². The second-order valence-electron chi connectivity index (χ2n) is 4.83. The third-order valence-corrected chi connectivity index (χ3v) is 3.79. The van der Waals surface area contributed by atoms with Crippen molar-refractivity contribution in [1.82, 2.24) is 5.43 Å². The van der Waals surface area contributed by atoms with Crippen LogP contribution in [0.4, 0.5) is 0 Å². The number of nitrogens with zero attached hydrogens (tertiary/aromatic N) is 1. The minimum absolute atomic E-state index is 0.455. The Morgan fingerprint density at radius 3 is 2.52 bits per heavy atom. The van der Waals surface area contributed by atoms with Crippen molar-refractivity contribution in [2.24, 2.45) is 5.10 Å². The molecule has 1 atom stereocenters. The number of rotatable bonds is 5. The SMILES string of the molecule is CC/C(=N\NC(=O)C(O)c1ccccc1)c1ccc(Cl)cc1Cl. The minimum atomic E-state index is -1.28. The van der Waals surface area contributed by atoms with Gasteiger partial charge < -0.3 is 5.11 Å². The van der Waals surface area contributed by atoms with Crippen molar-refractivity contribution >= 4 is 34.8 Å². The summed E-state index contributed by atoms with van der Waals surface area (Å²) in [6, 6.07) is 13.7. The molecule has 4 nitrogen and oxygen atoms in total. The first-order valence-corrected chi connectivity index (χ1v) is 7.83. The van der Waals surface area contributed by atoms with Crippen LogP contribution in [0.1, 0.15) is 30.6 Å². The Kier molecular flexibility index (Phi) is 6.16. The highest BCUT2D eigenvalue weighted by Gasteiger charge is 2.17. The zero-order valence-electron chi connectivity index (χ0n) is 12.5. The number of hydrazone groups is 1. The van der Waals surface area contributed by atoms with E-state index in [0.29, 0.717) is 33.3 Å². The standard InChI is InChI=1S/C17H16Cl2N2O2/c1-2-15(13-9-8-12(18)10-14(13)19)20-21-17(23)16(22)11-6-4-3-5-7-11/h3-10,16,22H,2H2,1H3,(H,21,23)/b20-15+. The average Bonchev–Trinajstić information content (AvgIpc) is 2.56. The van der Waals surface area contributed by atoms with Crippen LogP contribution in [0.15, 0.2) is 53.6 Å². The Morgan fingerprint density at radius 2 is 1.91 bits per heavy atom. The van der Waals surface area contributed by atoms with Gasteiger partial charge in [0.05, 0.1) is 10.7 Å². The van der Waals surface area contributed by atoms with Gasteiger partial charge in [-0.15, -0.1) is 0 Å². The van der Waals surface area contributed by atoms with Crippen LogP contribution < -0.4 is 5.43 Å². The summed E-state index contributed by atoms with van der Waals surface area (Å²) in [7, 11) is 0. The van der Waals surface area contributed by atoms with E-state index in [0.717, 1.165) is 0 Å². The monoisotopic (exact) mass is 350 g/mol. The van der Waals surface area contributed by atoms with Crippen molar-refractivity contribution in [2.45, 2.75) is 19.4 Å². The molecule has 2 N–H and O–H groups in total. The highest BCUT2D eigenvalue weighted by Crippen LogP contribution is 2.22. The third-order valence-electron chi connectivity index (χ3n) is 3.24. The normalized spacial score (nSPS) is 12.8. The molecular weight excluding hydrogens is 335 g/mol. The first-order chi connectivity index (χ1) is 11.0. The topological polar surface area (TPSA) is 61.7 Å². The van der Waals surface area contributed by atoms with Crippen molar-refractivity contribution in [2.75, 3.05) is 0 Å². The fraction of sp³-hybridized carbons (Fsp3) is 0.176. The number of nitrogens with one attached hydrogen (secondary N) is 1. The number of hydrogen-bond acceptors (Lipinski definition) is 3. The lowest BCUT2D eigenvalue weighted by molar-refractivity contribution is -0.129. The third kappa shape index (κ3) is 4.55. The van der Waals surface area contributed by atoms with Crippen molar-refractivity contribution < 1.29 is 9.90 Å². The van der Waals surface area contributed by atoms with Crippen LogP contribution in [0.2, 0.25) is 10.0 Å². The maximum Gasteiger partial charge on any atom is 0.273 e. The molecule has 0 spiro atoms. The molecule has 2 aromatic carbocycles. The van der Waals surface area contributed by atoms with Crippen LogP contribution in [0.5, 0.6) is 0 Å². The summed E-state index contributed by atoms with van der Waals surface area (Å²) < 4.78 is 0. The molecule has 6 heteroatoms. The van der Waals surface area contributed by atoms with Gasteiger partial charge >= 0.3 is 0 Å². The van der Waals surface area contributed by atoms with Gasteiger partial charge in [-0.25, -0.2) is 5.43 Å². The van der Waals surface area contributed by atoms with E-state index in [9.17, 15) is 9.90 Å². The van der Waals surface area contributed by atoms with Crippen LogP contribution in [-0.4, -0.2) is 16.7 Å². The molecule has 0 saturated carbocycles. The Labute approximate surface area is 144 Å². The summed E-state index contributed by atoms with van der Waals surface area (Å²) in [4.78, 5) is 12.0. The number of amides is 1. The Bertz CT molecular complexity index is 718. The summed E-state index contributed by atoms with van der Waals surface area (Å²) in [5.74, 6) is -0.604. The predicted octanol–water partition coefficient (Wildman–Crippen LogP) is 3.96. The number of carbonyl (C=O) groups is 1. The number of hydrogen-bond donors (Lipinski definition) is 2. The fourth-order valence-electron chi connectivity index (χ4n) is 2.02. The molecule has 1 amide bonds. The molecule has 120 valence electrons. The second-order valence-corrected chi connectivity index (χ2v) is 5.67. The van der Waals surface area contributed by atoms with Gasteiger partial charge in [0.15, 0.2) is 6.10 Å². The first kappa shape index (κ1) is 17.5. The predicted molar refractivity (Wildman–Crippen MR) is 92.8 cm³/mol. The van der Waals surface area contributed by atoms with E-state index in [2.05, 4.69) is 10.5 Å². The number of carbonyl (C=O) groups excluding carboxylic acids is 1. The molecule has 2 rings (SSSR count). The molecule has 0 fully saturated rings. The molecule has 0 saturated heterocycles. The zero-order valence-corrected chi connectivity index (χ0v) is 14.0. The number of benzene rings is 2. The van der Waals surface area contributed by atoms with E-state index >= 15 is 0 Å². The van der Waals surface area contributed by atoms with E-state index in [1.807, 2.05) is 13.0 Å². The van der Waals surface area contributed by atoms with Crippen LogP contribution in [0.25, 0.3) is 0 Å². The maximum atomic E-state index is 12.0. The summed E-state index contributed by atoms with van der Waals surface area (Å²) >= 11 is 12.0. The number of aliphatic hydroxyl groups excluding tert-OH is 1. The summed E-state index contributed by atoms with van der Waals surface area (Å²) in [6.07, 6.45) is -0.720. The zero-order chi connectivity index (χ0) is 16.8. The highest BCUT2D eigenvalue weighted by molar-refractivity contribution is 6.37. The maximum absolute atomic E-state index is 12.0. The van der Waals surface area contributed by atoms with Gasteiger partial charge in [-0.05, 0) is 24.1 Å². The van der Waals surface area contributed by atoms with Gasteiger partial charge in [0.2, 0.25) is 0 Å². The smallest absolute Gasteiger partial charge is 0.273 e.